The summed E-state index contributed by atoms with van der Waals surface area (Å²) < 4.78 is 5.25. The van der Waals surface area contributed by atoms with E-state index in [4.69, 9.17) is 10.00 Å². The summed E-state index contributed by atoms with van der Waals surface area (Å²) in [6.45, 7) is 0.194. The molecule has 0 heterocycles. The van der Waals surface area contributed by atoms with Gasteiger partial charge in [0.15, 0.2) is 0 Å². The predicted molar refractivity (Wildman–Crippen MR) is 81.0 cm³/mol. The van der Waals surface area contributed by atoms with Gasteiger partial charge in [0.1, 0.15) is 6.61 Å². The zero-order valence-electron chi connectivity index (χ0n) is 12.0. The van der Waals surface area contributed by atoms with Gasteiger partial charge in [-0.2, -0.15) is 5.26 Å². The summed E-state index contributed by atoms with van der Waals surface area (Å²) in [5, 5.41) is 8.72. The monoisotopic (exact) mass is 280 g/mol. The van der Waals surface area contributed by atoms with Crippen molar-refractivity contribution in [1.82, 2.24) is 0 Å². The Morgan fingerprint density at radius 3 is 2.24 bits per heavy atom. The van der Waals surface area contributed by atoms with Crippen molar-refractivity contribution >= 4 is 11.7 Å². The minimum Gasteiger partial charge on any atom is -0.457 e. The molecule has 0 aromatic heterocycles. The van der Waals surface area contributed by atoms with E-state index in [1.807, 2.05) is 37.2 Å². The minimum atomic E-state index is -0.357. The van der Waals surface area contributed by atoms with Crippen molar-refractivity contribution in [2.75, 3.05) is 19.0 Å². The number of ether oxygens (including phenoxy) is 1. The highest BCUT2D eigenvalue weighted by atomic mass is 16.5. The highest BCUT2D eigenvalue weighted by molar-refractivity contribution is 5.89. The third-order valence-electron chi connectivity index (χ3n) is 3.07. The molecule has 0 spiro atoms. The zero-order valence-corrected chi connectivity index (χ0v) is 12.0. The number of hydrogen-bond donors (Lipinski definition) is 0. The summed E-state index contributed by atoms with van der Waals surface area (Å²) in [5.74, 6) is -0.357. The lowest BCUT2D eigenvalue weighted by molar-refractivity contribution is 0.0473. The maximum atomic E-state index is 11.9. The van der Waals surface area contributed by atoms with Gasteiger partial charge in [-0.25, -0.2) is 4.79 Å². The van der Waals surface area contributed by atoms with E-state index in [0.29, 0.717) is 11.1 Å². The van der Waals surface area contributed by atoms with Crippen molar-refractivity contribution < 1.29 is 9.53 Å². The Morgan fingerprint density at radius 2 is 1.71 bits per heavy atom. The molecule has 21 heavy (non-hydrogen) atoms. The van der Waals surface area contributed by atoms with Crippen LogP contribution in [0, 0.1) is 11.3 Å². The number of carbonyl (C=O) groups is 1. The second kappa shape index (κ2) is 6.58. The fraction of sp³-hybridized carbons (Fsp3) is 0.176. The summed E-state index contributed by atoms with van der Waals surface area (Å²) >= 11 is 0. The third kappa shape index (κ3) is 3.83. The lowest BCUT2D eigenvalue weighted by Crippen LogP contribution is -2.09. The average Bonchev–Trinajstić information content (AvgIpc) is 2.53. The van der Waals surface area contributed by atoms with Crippen LogP contribution in [0.1, 0.15) is 21.5 Å². The maximum Gasteiger partial charge on any atom is 0.338 e. The molecule has 0 bridgehead atoms. The molecule has 4 nitrogen and oxygen atoms in total. The topological polar surface area (TPSA) is 53.3 Å². The van der Waals surface area contributed by atoms with E-state index in [0.717, 1.165) is 11.3 Å². The Balaban J connectivity index is 1.96. The van der Waals surface area contributed by atoms with Crippen molar-refractivity contribution in [3.05, 3.63) is 65.2 Å². The number of rotatable bonds is 4. The standard InChI is InChI=1S/C17H16N2O2/c1-19(2)16-9-7-15(8-10-16)17(20)21-12-14-5-3-13(11-18)4-6-14/h3-10H,12H2,1-2H3. The molecule has 0 atom stereocenters. The van der Waals surface area contributed by atoms with Gasteiger partial charge in [-0.1, -0.05) is 12.1 Å². The molecular weight excluding hydrogens is 264 g/mol. The molecule has 0 saturated carbocycles. The van der Waals surface area contributed by atoms with E-state index in [1.165, 1.54) is 0 Å². The van der Waals surface area contributed by atoms with Gasteiger partial charge in [0.25, 0.3) is 0 Å². The molecule has 0 aliphatic heterocycles. The van der Waals surface area contributed by atoms with Gasteiger partial charge in [-0.15, -0.1) is 0 Å². The van der Waals surface area contributed by atoms with Crippen molar-refractivity contribution in [2.24, 2.45) is 0 Å². The molecule has 2 aromatic rings. The number of nitrogens with zero attached hydrogens (tertiary/aromatic N) is 2. The van der Waals surface area contributed by atoms with Crippen LogP contribution in [0.15, 0.2) is 48.5 Å². The summed E-state index contributed by atoms with van der Waals surface area (Å²) in [6.07, 6.45) is 0. The molecule has 0 amide bonds. The maximum absolute atomic E-state index is 11.9. The number of esters is 1. The first-order chi connectivity index (χ1) is 10.1. The van der Waals surface area contributed by atoms with Crippen molar-refractivity contribution in [1.29, 1.82) is 5.26 Å². The van der Waals surface area contributed by atoms with Gasteiger partial charge in [0.2, 0.25) is 0 Å². The molecule has 0 radical (unpaired) electrons. The van der Waals surface area contributed by atoms with Crippen molar-refractivity contribution in [3.8, 4) is 6.07 Å². The number of hydrogen-bond acceptors (Lipinski definition) is 4. The average molecular weight is 280 g/mol. The van der Waals surface area contributed by atoms with Crippen LogP contribution in [0.3, 0.4) is 0 Å². The molecule has 2 rings (SSSR count). The van der Waals surface area contributed by atoms with Gasteiger partial charge in [0.05, 0.1) is 17.2 Å². The van der Waals surface area contributed by atoms with Crippen LogP contribution >= 0.6 is 0 Å². The van der Waals surface area contributed by atoms with E-state index < -0.39 is 0 Å². The Bertz CT molecular complexity index is 653. The number of nitriles is 1. The quantitative estimate of drug-likeness (QED) is 0.808. The molecule has 0 unspecified atom stereocenters. The van der Waals surface area contributed by atoms with E-state index in [-0.39, 0.29) is 12.6 Å². The van der Waals surface area contributed by atoms with E-state index in [1.54, 1.807) is 36.4 Å². The number of anilines is 1. The molecule has 0 N–H and O–H groups in total. The third-order valence-corrected chi connectivity index (χ3v) is 3.07. The number of carbonyl (C=O) groups excluding carboxylic acids is 1. The lowest BCUT2D eigenvalue weighted by Gasteiger charge is -2.12. The first-order valence-corrected chi connectivity index (χ1v) is 6.53. The first kappa shape index (κ1) is 14.6. The smallest absolute Gasteiger partial charge is 0.338 e. The van der Waals surface area contributed by atoms with Gasteiger partial charge in [-0.3, -0.25) is 0 Å². The predicted octanol–water partition coefficient (Wildman–Crippen LogP) is 2.98. The lowest BCUT2D eigenvalue weighted by atomic mass is 10.1. The molecular formula is C17H16N2O2. The molecule has 0 fully saturated rings. The highest BCUT2D eigenvalue weighted by Crippen LogP contribution is 2.14. The molecule has 2 aromatic carbocycles. The van der Waals surface area contributed by atoms with Gasteiger partial charge < -0.3 is 9.64 Å². The molecule has 0 aliphatic carbocycles. The highest BCUT2D eigenvalue weighted by Gasteiger charge is 2.07. The van der Waals surface area contributed by atoms with Crippen LogP contribution in [0.5, 0.6) is 0 Å². The van der Waals surface area contributed by atoms with E-state index in [2.05, 4.69) is 0 Å². The van der Waals surface area contributed by atoms with E-state index >= 15 is 0 Å². The first-order valence-electron chi connectivity index (χ1n) is 6.53. The molecule has 0 aliphatic rings. The fourth-order valence-corrected chi connectivity index (χ4v) is 1.80. The minimum absolute atomic E-state index is 0.194. The van der Waals surface area contributed by atoms with Gasteiger partial charge in [0, 0.05) is 19.8 Å². The Morgan fingerprint density at radius 1 is 1.10 bits per heavy atom. The Labute approximate surface area is 124 Å². The fourth-order valence-electron chi connectivity index (χ4n) is 1.80. The summed E-state index contributed by atoms with van der Waals surface area (Å²) in [6, 6.07) is 16.3. The SMILES string of the molecule is CN(C)c1ccc(C(=O)OCc2ccc(C#N)cc2)cc1. The van der Waals surface area contributed by atoms with Crippen LogP contribution in [-0.2, 0) is 11.3 Å². The molecule has 4 heteroatoms. The number of benzene rings is 2. The largest absolute Gasteiger partial charge is 0.457 e. The molecule has 106 valence electrons. The van der Waals surface area contributed by atoms with Gasteiger partial charge >= 0.3 is 5.97 Å². The summed E-state index contributed by atoms with van der Waals surface area (Å²) in [4.78, 5) is 13.9. The summed E-state index contributed by atoms with van der Waals surface area (Å²) in [5.41, 5.74) is 2.99. The second-order valence-corrected chi connectivity index (χ2v) is 4.83. The van der Waals surface area contributed by atoms with E-state index in [9.17, 15) is 4.79 Å². The Kier molecular flexibility index (Phi) is 4.57. The van der Waals surface area contributed by atoms with Crippen LogP contribution in [0.4, 0.5) is 5.69 Å². The second-order valence-electron chi connectivity index (χ2n) is 4.83. The summed E-state index contributed by atoms with van der Waals surface area (Å²) in [7, 11) is 3.89. The van der Waals surface area contributed by atoms with Gasteiger partial charge in [-0.05, 0) is 42.0 Å². The van der Waals surface area contributed by atoms with Crippen LogP contribution < -0.4 is 4.90 Å². The van der Waals surface area contributed by atoms with Crippen LogP contribution in [0.2, 0.25) is 0 Å². The van der Waals surface area contributed by atoms with Crippen molar-refractivity contribution in [3.63, 3.8) is 0 Å². The zero-order chi connectivity index (χ0) is 15.2. The normalized spacial score (nSPS) is 9.76. The molecule has 0 saturated heterocycles. The van der Waals surface area contributed by atoms with Crippen LogP contribution in [-0.4, -0.2) is 20.1 Å². The Hall–Kier alpha value is -2.80. The van der Waals surface area contributed by atoms with Crippen LogP contribution in [0.25, 0.3) is 0 Å². The van der Waals surface area contributed by atoms with Crippen molar-refractivity contribution in [2.45, 2.75) is 6.61 Å².